The Bertz CT molecular complexity index is 1180. The van der Waals surface area contributed by atoms with Gasteiger partial charge in [-0.25, -0.2) is 4.98 Å². The van der Waals surface area contributed by atoms with E-state index >= 15 is 0 Å². The topological polar surface area (TPSA) is 89.7 Å². The first-order chi connectivity index (χ1) is 16.4. The van der Waals surface area contributed by atoms with Crippen LogP contribution in [-0.4, -0.2) is 60.2 Å². The van der Waals surface area contributed by atoms with Crippen LogP contribution in [0.5, 0.6) is 11.6 Å². The Morgan fingerprint density at radius 1 is 1.15 bits per heavy atom. The molecule has 8 heteroatoms. The fourth-order valence-corrected chi connectivity index (χ4v) is 5.17. The number of hydrogen-bond acceptors (Lipinski definition) is 7. The monoisotopic (exact) mass is 464 g/mol. The second kappa shape index (κ2) is 9.00. The molecule has 8 nitrogen and oxygen atoms in total. The zero-order valence-corrected chi connectivity index (χ0v) is 20.1. The molecule has 2 aromatic rings. The maximum atomic E-state index is 13.4. The van der Waals surface area contributed by atoms with Gasteiger partial charge in [-0.15, -0.1) is 0 Å². The summed E-state index contributed by atoms with van der Waals surface area (Å²) in [6.07, 6.45) is 2.82. The number of ketones is 1. The van der Waals surface area contributed by atoms with E-state index in [4.69, 9.17) is 19.6 Å². The van der Waals surface area contributed by atoms with Gasteiger partial charge in [-0.1, -0.05) is 26.0 Å². The number of allylic oxidation sites excluding steroid dienone is 2. The Morgan fingerprint density at radius 3 is 2.59 bits per heavy atom. The Morgan fingerprint density at radius 2 is 1.88 bits per heavy atom. The van der Waals surface area contributed by atoms with Crippen molar-refractivity contribution in [2.45, 2.75) is 39.2 Å². The predicted molar refractivity (Wildman–Crippen MR) is 126 cm³/mol. The van der Waals surface area contributed by atoms with Crippen LogP contribution in [-0.2, 0) is 16.1 Å². The number of morpholine rings is 1. The summed E-state index contributed by atoms with van der Waals surface area (Å²) in [4.78, 5) is 20.4. The molecule has 0 radical (unpaired) electrons. The Labute approximate surface area is 199 Å². The molecular weight excluding hydrogens is 432 g/mol. The summed E-state index contributed by atoms with van der Waals surface area (Å²) in [5.41, 5.74) is 2.42. The second-order valence-electron chi connectivity index (χ2n) is 10.0. The van der Waals surface area contributed by atoms with E-state index in [0.717, 1.165) is 44.2 Å². The molecule has 1 saturated heterocycles. The van der Waals surface area contributed by atoms with E-state index in [1.54, 1.807) is 13.4 Å². The lowest BCUT2D eigenvalue weighted by Gasteiger charge is -2.38. The van der Waals surface area contributed by atoms with E-state index in [-0.39, 0.29) is 17.1 Å². The minimum absolute atomic E-state index is 0.0841. The van der Waals surface area contributed by atoms with Gasteiger partial charge < -0.3 is 18.8 Å². The van der Waals surface area contributed by atoms with Gasteiger partial charge in [-0.05, 0) is 23.1 Å². The van der Waals surface area contributed by atoms with Crippen molar-refractivity contribution in [3.63, 3.8) is 0 Å². The lowest BCUT2D eigenvalue weighted by atomic mass is 9.70. The van der Waals surface area contributed by atoms with E-state index in [2.05, 4.69) is 23.7 Å². The summed E-state index contributed by atoms with van der Waals surface area (Å²) >= 11 is 0. The van der Waals surface area contributed by atoms with E-state index < -0.39 is 0 Å². The number of methoxy groups -OCH3 is 1. The molecule has 1 aromatic carbocycles. The molecule has 1 atom stereocenters. The minimum atomic E-state index is -0.385. The van der Waals surface area contributed by atoms with Crippen molar-refractivity contribution in [3.8, 4) is 11.6 Å². The highest BCUT2D eigenvalue weighted by Crippen LogP contribution is 2.48. The molecule has 1 aliphatic carbocycles. The SMILES string of the molecule is COc1ccc([C@@H]2C3=C(CC(C)(C)CC3=O)Oc3ncn(CCN4CCOCC4)c(=N)c32)cc1. The van der Waals surface area contributed by atoms with Crippen LogP contribution in [0.4, 0.5) is 0 Å². The van der Waals surface area contributed by atoms with Gasteiger partial charge in [0, 0.05) is 50.5 Å². The van der Waals surface area contributed by atoms with Gasteiger partial charge in [0.05, 0.1) is 25.9 Å². The van der Waals surface area contributed by atoms with Gasteiger partial charge in [0.25, 0.3) is 0 Å². The van der Waals surface area contributed by atoms with Crippen LogP contribution < -0.4 is 15.0 Å². The quantitative estimate of drug-likeness (QED) is 0.732. The molecule has 0 spiro atoms. The zero-order valence-electron chi connectivity index (χ0n) is 20.1. The fourth-order valence-electron chi connectivity index (χ4n) is 5.17. The maximum absolute atomic E-state index is 13.4. The molecular formula is C26H32N4O4. The van der Waals surface area contributed by atoms with Crippen molar-refractivity contribution >= 4 is 5.78 Å². The lowest BCUT2D eigenvalue weighted by Crippen LogP contribution is -2.41. The zero-order chi connectivity index (χ0) is 23.9. The summed E-state index contributed by atoms with van der Waals surface area (Å²) in [7, 11) is 1.63. The highest BCUT2D eigenvalue weighted by molar-refractivity contribution is 6.00. The predicted octanol–water partition coefficient (Wildman–Crippen LogP) is 2.87. The third kappa shape index (κ3) is 4.28. The molecule has 1 fully saturated rings. The van der Waals surface area contributed by atoms with Crippen LogP contribution in [0.25, 0.3) is 0 Å². The molecule has 0 amide bonds. The number of benzene rings is 1. The van der Waals surface area contributed by atoms with Crippen LogP contribution in [0.3, 0.4) is 0 Å². The molecule has 3 aliphatic rings. The number of nitrogens with one attached hydrogen (secondary N) is 1. The molecule has 180 valence electrons. The molecule has 5 rings (SSSR count). The van der Waals surface area contributed by atoms with Crippen LogP contribution in [0.1, 0.15) is 43.7 Å². The number of ether oxygens (including phenoxy) is 3. The molecule has 0 saturated carbocycles. The third-order valence-electron chi connectivity index (χ3n) is 6.97. The fraction of sp³-hybridized carbons (Fsp3) is 0.500. The molecule has 34 heavy (non-hydrogen) atoms. The molecule has 3 heterocycles. The first kappa shape index (κ1) is 22.8. The summed E-state index contributed by atoms with van der Waals surface area (Å²) in [5, 5.41) is 9.09. The summed E-state index contributed by atoms with van der Waals surface area (Å²) in [6.45, 7) is 8.90. The molecule has 1 aromatic heterocycles. The van der Waals surface area contributed by atoms with Gasteiger partial charge in [0.1, 0.15) is 23.3 Å². The average Bonchev–Trinajstić information content (AvgIpc) is 2.82. The van der Waals surface area contributed by atoms with Gasteiger partial charge in [-0.2, -0.15) is 0 Å². The number of Topliss-reactive ketones (excluding diaryl/α,β-unsaturated/α-hetero) is 1. The number of hydrogen-bond donors (Lipinski definition) is 1. The largest absolute Gasteiger partial charge is 0.497 e. The standard InChI is InChI=1S/C26H32N4O4/c1-26(2)14-19(31)22-20(15-26)34-25-23(21(22)17-4-6-18(32-3)7-5-17)24(27)30(16-28-25)9-8-29-10-12-33-13-11-29/h4-7,16,21,27H,8-15H2,1-3H3/t21-/m1/s1. The van der Waals surface area contributed by atoms with Crippen molar-refractivity contribution in [2.24, 2.45) is 5.41 Å². The highest BCUT2D eigenvalue weighted by Gasteiger charge is 2.43. The van der Waals surface area contributed by atoms with Gasteiger partial charge >= 0.3 is 0 Å². The second-order valence-corrected chi connectivity index (χ2v) is 10.0. The minimum Gasteiger partial charge on any atom is -0.497 e. The van der Waals surface area contributed by atoms with Crippen LogP contribution >= 0.6 is 0 Å². The number of aromatic nitrogens is 2. The number of nitrogens with zero attached hydrogens (tertiary/aromatic N) is 3. The van der Waals surface area contributed by atoms with E-state index in [1.807, 2.05) is 28.8 Å². The Hall–Kier alpha value is -2.97. The summed E-state index contributed by atoms with van der Waals surface area (Å²) in [5.74, 6) is 1.56. The van der Waals surface area contributed by atoms with Gasteiger partial charge in [0.15, 0.2) is 5.78 Å². The van der Waals surface area contributed by atoms with Crippen molar-refractivity contribution in [1.29, 1.82) is 5.41 Å². The van der Waals surface area contributed by atoms with Crippen molar-refractivity contribution in [1.82, 2.24) is 14.5 Å². The highest BCUT2D eigenvalue weighted by atomic mass is 16.5. The first-order valence-electron chi connectivity index (χ1n) is 11.9. The summed E-state index contributed by atoms with van der Waals surface area (Å²) < 4.78 is 18.9. The van der Waals surface area contributed by atoms with Crippen molar-refractivity contribution < 1.29 is 19.0 Å². The normalized spacial score (nSPS) is 22.1. The van der Waals surface area contributed by atoms with E-state index in [9.17, 15) is 4.79 Å². The third-order valence-corrected chi connectivity index (χ3v) is 6.97. The molecule has 1 N–H and O–H groups in total. The smallest absolute Gasteiger partial charge is 0.228 e. The van der Waals surface area contributed by atoms with Crippen LogP contribution in [0.15, 0.2) is 41.9 Å². The van der Waals surface area contributed by atoms with E-state index in [0.29, 0.717) is 47.6 Å². The Balaban J connectivity index is 1.57. The molecule has 0 bridgehead atoms. The van der Waals surface area contributed by atoms with Gasteiger partial charge in [0.2, 0.25) is 5.88 Å². The first-order valence-corrected chi connectivity index (χ1v) is 11.9. The lowest BCUT2D eigenvalue weighted by molar-refractivity contribution is -0.118. The number of rotatable bonds is 5. The van der Waals surface area contributed by atoms with Gasteiger partial charge in [-0.3, -0.25) is 15.1 Å². The number of fused-ring (bicyclic) bond motifs is 1. The number of carbonyl (C=O) groups excluding carboxylic acids is 1. The number of carbonyl (C=O) groups is 1. The van der Waals surface area contributed by atoms with Crippen molar-refractivity contribution in [3.05, 3.63) is 58.5 Å². The average molecular weight is 465 g/mol. The van der Waals surface area contributed by atoms with E-state index in [1.165, 1.54) is 0 Å². The Kier molecular flexibility index (Phi) is 6.04. The van der Waals surface area contributed by atoms with Crippen LogP contribution in [0, 0.1) is 10.8 Å². The molecule has 0 unspecified atom stereocenters. The summed E-state index contributed by atoms with van der Waals surface area (Å²) in [6, 6.07) is 7.74. The maximum Gasteiger partial charge on any atom is 0.228 e. The van der Waals surface area contributed by atoms with Crippen molar-refractivity contribution in [2.75, 3.05) is 40.0 Å². The van der Waals surface area contributed by atoms with Crippen LogP contribution in [0.2, 0.25) is 0 Å². The molecule has 2 aliphatic heterocycles.